The van der Waals surface area contributed by atoms with Crippen molar-refractivity contribution in [1.82, 2.24) is 4.31 Å². The lowest BCUT2D eigenvalue weighted by Crippen LogP contribution is -2.48. The van der Waals surface area contributed by atoms with Gasteiger partial charge in [-0.1, -0.05) is 32.9 Å². The van der Waals surface area contributed by atoms with Gasteiger partial charge in [0.15, 0.2) is 0 Å². The van der Waals surface area contributed by atoms with E-state index in [-0.39, 0.29) is 5.41 Å². The number of nitriles is 1. The van der Waals surface area contributed by atoms with Crippen molar-refractivity contribution >= 4 is 15.7 Å². The lowest BCUT2D eigenvalue weighted by atomic mass is 9.87. The minimum atomic E-state index is -3.48. The molecule has 0 saturated carbocycles. The van der Waals surface area contributed by atoms with E-state index in [0.717, 1.165) is 11.3 Å². The minimum absolute atomic E-state index is 0.00495. The molecule has 0 atom stereocenters. The number of nitrogens with zero attached hydrogens (tertiary/aromatic N) is 3. The maximum atomic E-state index is 12.9. The molecule has 0 aliphatic carbocycles. The summed E-state index contributed by atoms with van der Waals surface area (Å²) < 4.78 is 27.4. The molecule has 0 spiro atoms. The molecule has 0 unspecified atom stereocenters. The first-order valence-electron chi connectivity index (χ1n) is 9.07. The Balaban J connectivity index is 1.70. The Morgan fingerprint density at radius 3 is 1.93 bits per heavy atom. The van der Waals surface area contributed by atoms with E-state index in [4.69, 9.17) is 5.26 Å². The van der Waals surface area contributed by atoms with Crippen LogP contribution in [0.5, 0.6) is 0 Å². The first kappa shape index (κ1) is 19.4. The van der Waals surface area contributed by atoms with Crippen LogP contribution in [0.15, 0.2) is 53.4 Å². The van der Waals surface area contributed by atoms with E-state index in [1.54, 1.807) is 28.6 Å². The zero-order valence-electron chi connectivity index (χ0n) is 16.0. The molecule has 0 N–H and O–H groups in total. The van der Waals surface area contributed by atoms with Crippen molar-refractivity contribution < 1.29 is 8.42 Å². The van der Waals surface area contributed by atoms with Crippen molar-refractivity contribution in [3.63, 3.8) is 0 Å². The van der Waals surface area contributed by atoms with Gasteiger partial charge in [0.1, 0.15) is 0 Å². The summed E-state index contributed by atoms with van der Waals surface area (Å²) in [7, 11) is -3.48. The summed E-state index contributed by atoms with van der Waals surface area (Å²) in [6.45, 7) is 8.49. The first-order valence-corrected chi connectivity index (χ1v) is 10.5. The zero-order chi connectivity index (χ0) is 19.7. The third-order valence-electron chi connectivity index (χ3n) is 4.96. The van der Waals surface area contributed by atoms with Crippen LogP contribution in [0.4, 0.5) is 5.69 Å². The Kier molecular flexibility index (Phi) is 5.27. The fourth-order valence-corrected chi connectivity index (χ4v) is 4.63. The highest BCUT2D eigenvalue weighted by atomic mass is 32.2. The molecule has 2 aromatic carbocycles. The Hall–Kier alpha value is -2.36. The molecule has 1 aliphatic rings. The van der Waals surface area contributed by atoms with E-state index >= 15 is 0 Å². The summed E-state index contributed by atoms with van der Waals surface area (Å²) in [6, 6.07) is 16.7. The third-order valence-corrected chi connectivity index (χ3v) is 6.87. The SMILES string of the molecule is CC(C)(C)c1ccc(S(=O)(=O)N2CCN(c3ccc(C#N)cc3)CC2)cc1. The molecule has 3 rings (SSSR count). The van der Waals surface area contributed by atoms with Crippen LogP contribution in [0.25, 0.3) is 0 Å². The van der Waals surface area contributed by atoms with Crippen LogP contribution < -0.4 is 4.90 Å². The normalized spacial score (nSPS) is 16.1. The molecule has 1 aliphatic heterocycles. The van der Waals surface area contributed by atoms with Gasteiger partial charge in [0, 0.05) is 31.9 Å². The number of anilines is 1. The number of piperazine rings is 1. The van der Waals surface area contributed by atoms with Crippen molar-refractivity contribution in [3.8, 4) is 6.07 Å². The van der Waals surface area contributed by atoms with Crippen LogP contribution in [0.1, 0.15) is 31.9 Å². The predicted molar refractivity (Wildman–Crippen MR) is 107 cm³/mol. The second-order valence-corrected chi connectivity index (χ2v) is 9.76. The van der Waals surface area contributed by atoms with Gasteiger partial charge in [-0.2, -0.15) is 9.57 Å². The fraction of sp³-hybridized carbons (Fsp3) is 0.381. The van der Waals surface area contributed by atoms with Gasteiger partial charge in [0.05, 0.1) is 16.5 Å². The molecule has 2 aromatic rings. The highest BCUT2D eigenvalue weighted by Gasteiger charge is 2.29. The Morgan fingerprint density at radius 1 is 0.889 bits per heavy atom. The second kappa shape index (κ2) is 7.34. The van der Waals surface area contributed by atoms with Crippen LogP contribution >= 0.6 is 0 Å². The van der Waals surface area contributed by atoms with Gasteiger partial charge in [0.25, 0.3) is 0 Å². The molecule has 5 nitrogen and oxygen atoms in total. The first-order chi connectivity index (χ1) is 12.7. The number of benzene rings is 2. The molecule has 27 heavy (non-hydrogen) atoms. The van der Waals surface area contributed by atoms with Crippen LogP contribution in [-0.4, -0.2) is 38.9 Å². The van der Waals surface area contributed by atoms with Gasteiger partial charge in [-0.3, -0.25) is 0 Å². The van der Waals surface area contributed by atoms with E-state index < -0.39 is 10.0 Å². The van der Waals surface area contributed by atoms with E-state index in [1.165, 1.54) is 0 Å². The summed E-state index contributed by atoms with van der Waals surface area (Å²) in [6.07, 6.45) is 0. The lowest BCUT2D eigenvalue weighted by Gasteiger charge is -2.35. The number of sulfonamides is 1. The lowest BCUT2D eigenvalue weighted by molar-refractivity contribution is 0.385. The summed E-state index contributed by atoms with van der Waals surface area (Å²) >= 11 is 0. The van der Waals surface area contributed by atoms with Crippen molar-refractivity contribution in [3.05, 3.63) is 59.7 Å². The molecule has 0 aromatic heterocycles. The molecule has 1 fully saturated rings. The molecule has 0 radical (unpaired) electrons. The van der Waals surface area contributed by atoms with Gasteiger partial charge in [-0.15, -0.1) is 0 Å². The van der Waals surface area contributed by atoms with Crippen molar-refractivity contribution in [2.45, 2.75) is 31.1 Å². The molecule has 1 heterocycles. The smallest absolute Gasteiger partial charge is 0.243 e. The quantitative estimate of drug-likeness (QED) is 0.815. The van der Waals surface area contributed by atoms with Crippen LogP contribution in [0.3, 0.4) is 0 Å². The van der Waals surface area contributed by atoms with E-state index in [0.29, 0.717) is 36.6 Å². The maximum absolute atomic E-state index is 12.9. The van der Waals surface area contributed by atoms with E-state index in [1.807, 2.05) is 24.3 Å². The highest BCUT2D eigenvalue weighted by molar-refractivity contribution is 7.89. The number of rotatable bonds is 3. The zero-order valence-corrected chi connectivity index (χ0v) is 16.8. The maximum Gasteiger partial charge on any atom is 0.243 e. The monoisotopic (exact) mass is 383 g/mol. The van der Waals surface area contributed by atoms with Crippen molar-refractivity contribution in [2.75, 3.05) is 31.1 Å². The summed E-state index contributed by atoms with van der Waals surface area (Å²) in [5.74, 6) is 0. The van der Waals surface area contributed by atoms with Gasteiger partial charge >= 0.3 is 0 Å². The van der Waals surface area contributed by atoms with Crippen LogP contribution in [0, 0.1) is 11.3 Å². The topological polar surface area (TPSA) is 64.4 Å². The molecule has 6 heteroatoms. The molecule has 142 valence electrons. The molecule has 0 bridgehead atoms. The van der Waals surface area contributed by atoms with Gasteiger partial charge in [-0.05, 0) is 47.4 Å². The molecule has 1 saturated heterocycles. The van der Waals surface area contributed by atoms with Gasteiger partial charge < -0.3 is 4.90 Å². The molecular formula is C21H25N3O2S. The third kappa shape index (κ3) is 4.15. The Bertz CT molecular complexity index is 929. The predicted octanol–water partition coefficient (Wildman–Crippen LogP) is 3.37. The Labute approximate surface area is 161 Å². The second-order valence-electron chi connectivity index (χ2n) is 7.82. The van der Waals surface area contributed by atoms with E-state index in [9.17, 15) is 8.42 Å². The average molecular weight is 384 g/mol. The average Bonchev–Trinajstić information content (AvgIpc) is 2.67. The summed E-state index contributed by atoms with van der Waals surface area (Å²) in [4.78, 5) is 2.50. The van der Waals surface area contributed by atoms with Gasteiger partial charge in [-0.25, -0.2) is 8.42 Å². The minimum Gasteiger partial charge on any atom is -0.369 e. The molecule has 0 amide bonds. The standard InChI is InChI=1S/C21H25N3O2S/c1-21(2,3)18-6-10-20(11-7-18)27(25,26)24-14-12-23(13-15-24)19-8-4-17(16-22)5-9-19/h4-11H,12-15H2,1-3H3. The van der Waals surface area contributed by atoms with Crippen LogP contribution in [-0.2, 0) is 15.4 Å². The Morgan fingerprint density at radius 2 is 1.44 bits per heavy atom. The van der Waals surface area contributed by atoms with Crippen molar-refractivity contribution in [2.24, 2.45) is 0 Å². The highest BCUT2D eigenvalue weighted by Crippen LogP contribution is 2.26. The largest absolute Gasteiger partial charge is 0.369 e. The number of hydrogen-bond acceptors (Lipinski definition) is 4. The fourth-order valence-electron chi connectivity index (χ4n) is 3.21. The van der Waals surface area contributed by atoms with E-state index in [2.05, 4.69) is 31.7 Å². The van der Waals surface area contributed by atoms with Gasteiger partial charge in [0.2, 0.25) is 10.0 Å². The van der Waals surface area contributed by atoms with Crippen molar-refractivity contribution in [1.29, 1.82) is 5.26 Å². The summed E-state index contributed by atoms with van der Waals surface area (Å²) in [5.41, 5.74) is 2.75. The number of hydrogen-bond donors (Lipinski definition) is 0. The van der Waals surface area contributed by atoms with Crippen LogP contribution in [0.2, 0.25) is 0 Å². The molecular weight excluding hydrogens is 358 g/mol. The summed E-state index contributed by atoms with van der Waals surface area (Å²) in [5, 5.41) is 8.90.